The van der Waals surface area contributed by atoms with Crippen LogP contribution in [0.25, 0.3) is 16.5 Å². The summed E-state index contributed by atoms with van der Waals surface area (Å²) in [7, 11) is 1.33. The molecule has 0 aliphatic carbocycles. The molecule has 2 atom stereocenters. The summed E-state index contributed by atoms with van der Waals surface area (Å²) in [5.74, 6) is -1.41. The number of fused-ring (bicyclic) bond motifs is 3. The first-order chi connectivity index (χ1) is 15.5. The van der Waals surface area contributed by atoms with Crippen LogP contribution in [-0.4, -0.2) is 59.8 Å². The van der Waals surface area contributed by atoms with Crippen LogP contribution in [0, 0.1) is 5.92 Å². The normalized spacial score (nSPS) is 19.3. The van der Waals surface area contributed by atoms with E-state index in [1.807, 2.05) is 45.0 Å². The molecule has 1 aromatic carbocycles. The number of ether oxygens (including phenoxy) is 3. The molecule has 178 valence electrons. The minimum absolute atomic E-state index is 0.214. The second kappa shape index (κ2) is 9.68. The van der Waals surface area contributed by atoms with Gasteiger partial charge in [-0.25, -0.2) is 9.59 Å². The van der Waals surface area contributed by atoms with Crippen LogP contribution in [0.5, 0.6) is 0 Å². The number of carbonyl (C=O) groups is 3. The molecule has 3 rings (SSSR count). The summed E-state index contributed by atoms with van der Waals surface area (Å²) >= 11 is 0. The Balaban J connectivity index is 2.15. The molecule has 0 bridgehead atoms. The van der Waals surface area contributed by atoms with Gasteiger partial charge in [0, 0.05) is 36.8 Å². The van der Waals surface area contributed by atoms with Crippen molar-refractivity contribution in [3.63, 3.8) is 0 Å². The van der Waals surface area contributed by atoms with Crippen molar-refractivity contribution in [2.24, 2.45) is 5.92 Å². The highest BCUT2D eigenvalue weighted by atomic mass is 16.6. The summed E-state index contributed by atoms with van der Waals surface area (Å²) in [6.07, 6.45) is 1.19. The fourth-order valence-corrected chi connectivity index (χ4v) is 4.04. The number of para-hydroxylation sites is 1. The third-order valence-corrected chi connectivity index (χ3v) is 5.54. The SMILES string of the molecule is COC(=O)/C1=C/[C@H]([C@H](C)OC(C)=O)CN(C(=O)OC(C)(C)C)CCc2c1[nH]c1ccccc21. The van der Waals surface area contributed by atoms with Gasteiger partial charge in [-0.15, -0.1) is 0 Å². The molecule has 0 radical (unpaired) electrons. The zero-order valence-electron chi connectivity index (χ0n) is 20.1. The number of benzene rings is 1. The second-order valence-corrected chi connectivity index (χ2v) is 9.25. The monoisotopic (exact) mass is 456 g/mol. The molecule has 0 unspecified atom stereocenters. The summed E-state index contributed by atoms with van der Waals surface area (Å²) in [5, 5.41) is 0.970. The first kappa shape index (κ1) is 24.4. The van der Waals surface area contributed by atoms with Crippen LogP contribution in [0.1, 0.15) is 45.9 Å². The van der Waals surface area contributed by atoms with Gasteiger partial charge in [0.05, 0.1) is 18.4 Å². The highest BCUT2D eigenvalue weighted by molar-refractivity contribution is 6.17. The summed E-state index contributed by atoms with van der Waals surface area (Å²) in [4.78, 5) is 42.5. The smallest absolute Gasteiger partial charge is 0.410 e. The maximum absolute atomic E-state index is 13.0. The third-order valence-electron chi connectivity index (χ3n) is 5.54. The average molecular weight is 457 g/mol. The number of nitrogens with zero attached hydrogens (tertiary/aromatic N) is 1. The molecule has 8 heteroatoms. The van der Waals surface area contributed by atoms with Gasteiger partial charge in [-0.1, -0.05) is 24.3 Å². The lowest BCUT2D eigenvalue weighted by molar-refractivity contribution is -0.147. The molecule has 1 aliphatic rings. The van der Waals surface area contributed by atoms with E-state index in [1.165, 1.54) is 14.0 Å². The van der Waals surface area contributed by atoms with Gasteiger partial charge < -0.3 is 24.1 Å². The molecular formula is C25H32N2O6. The summed E-state index contributed by atoms with van der Waals surface area (Å²) in [6.45, 7) is 9.10. The zero-order chi connectivity index (χ0) is 24.3. The number of hydrogen-bond acceptors (Lipinski definition) is 6. The Morgan fingerprint density at radius 2 is 1.88 bits per heavy atom. The number of carbonyl (C=O) groups excluding carboxylic acids is 3. The average Bonchev–Trinajstić information content (AvgIpc) is 3.11. The molecule has 33 heavy (non-hydrogen) atoms. The molecule has 2 heterocycles. The Morgan fingerprint density at radius 3 is 2.52 bits per heavy atom. The number of esters is 2. The predicted octanol–water partition coefficient (Wildman–Crippen LogP) is 4.09. The van der Waals surface area contributed by atoms with Gasteiger partial charge in [0.2, 0.25) is 0 Å². The fourth-order valence-electron chi connectivity index (χ4n) is 4.04. The van der Waals surface area contributed by atoms with Crippen molar-refractivity contribution >= 4 is 34.5 Å². The fraction of sp³-hybridized carbons (Fsp3) is 0.480. The molecule has 8 nitrogen and oxygen atoms in total. The topological polar surface area (TPSA) is 97.9 Å². The standard InChI is InChI=1S/C25H32N2O6/c1-15(32-16(2)28)17-13-20(23(29)31-6)22-19(18-9-7-8-10-21(18)26-22)11-12-27(14-17)24(30)33-25(3,4)5/h7-10,13,15,17,26H,11-12,14H2,1-6H3/b20-13+/t15-,17-/m0/s1. The number of aromatic nitrogens is 1. The third kappa shape index (κ3) is 5.74. The van der Waals surface area contributed by atoms with Crippen molar-refractivity contribution < 1.29 is 28.6 Å². The van der Waals surface area contributed by atoms with Gasteiger partial charge in [0.15, 0.2) is 0 Å². The molecule has 1 aliphatic heterocycles. The van der Waals surface area contributed by atoms with E-state index >= 15 is 0 Å². The Labute approximate surface area is 193 Å². The number of H-pyrrole nitrogens is 1. The van der Waals surface area contributed by atoms with Crippen LogP contribution in [0.15, 0.2) is 30.3 Å². The minimum atomic E-state index is -0.661. The first-order valence-corrected chi connectivity index (χ1v) is 11.1. The maximum Gasteiger partial charge on any atom is 0.410 e. The van der Waals surface area contributed by atoms with E-state index in [2.05, 4.69) is 4.98 Å². The molecule has 1 N–H and O–H groups in total. The van der Waals surface area contributed by atoms with Gasteiger partial charge in [-0.2, -0.15) is 0 Å². The number of nitrogens with one attached hydrogen (secondary N) is 1. The lowest BCUT2D eigenvalue weighted by Gasteiger charge is -2.31. The van der Waals surface area contributed by atoms with Crippen molar-refractivity contribution in [3.8, 4) is 0 Å². The number of rotatable bonds is 3. The Kier molecular flexibility index (Phi) is 7.15. The molecule has 0 saturated heterocycles. The molecule has 0 saturated carbocycles. The molecule has 1 amide bonds. The Bertz CT molecular complexity index is 1080. The van der Waals surface area contributed by atoms with E-state index in [9.17, 15) is 14.4 Å². The van der Waals surface area contributed by atoms with Crippen LogP contribution in [0.3, 0.4) is 0 Å². The lowest BCUT2D eigenvalue weighted by Crippen LogP contribution is -2.42. The summed E-state index contributed by atoms with van der Waals surface area (Å²) in [5.41, 5.74) is 2.13. The number of hydrogen-bond donors (Lipinski definition) is 1. The van der Waals surface area contributed by atoms with E-state index in [1.54, 1.807) is 17.9 Å². The molecular weight excluding hydrogens is 424 g/mol. The van der Waals surface area contributed by atoms with Gasteiger partial charge in [0.25, 0.3) is 0 Å². The summed E-state index contributed by atoms with van der Waals surface area (Å²) < 4.78 is 16.2. The van der Waals surface area contributed by atoms with E-state index in [4.69, 9.17) is 14.2 Å². The summed E-state index contributed by atoms with van der Waals surface area (Å²) in [6, 6.07) is 7.77. The largest absolute Gasteiger partial charge is 0.465 e. The highest BCUT2D eigenvalue weighted by Crippen LogP contribution is 2.32. The van der Waals surface area contributed by atoms with Crippen LogP contribution < -0.4 is 0 Å². The van der Waals surface area contributed by atoms with Crippen molar-refractivity contribution in [1.82, 2.24) is 9.88 Å². The number of amides is 1. The van der Waals surface area contributed by atoms with Gasteiger partial charge in [-0.05, 0) is 45.7 Å². The highest BCUT2D eigenvalue weighted by Gasteiger charge is 2.32. The molecule has 2 aromatic rings. The molecule has 0 spiro atoms. The predicted molar refractivity (Wildman–Crippen MR) is 125 cm³/mol. The molecule has 0 fully saturated rings. The first-order valence-electron chi connectivity index (χ1n) is 11.1. The van der Waals surface area contributed by atoms with E-state index < -0.39 is 35.7 Å². The van der Waals surface area contributed by atoms with Gasteiger partial charge in [0.1, 0.15) is 11.7 Å². The Hall–Kier alpha value is -3.29. The van der Waals surface area contributed by atoms with Crippen molar-refractivity contribution in [1.29, 1.82) is 0 Å². The Morgan fingerprint density at radius 1 is 1.18 bits per heavy atom. The van der Waals surface area contributed by atoms with Crippen LogP contribution in [0.4, 0.5) is 4.79 Å². The minimum Gasteiger partial charge on any atom is -0.465 e. The number of methoxy groups -OCH3 is 1. The molecule has 1 aromatic heterocycles. The van der Waals surface area contributed by atoms with Crippen LogP contribution in [0.2, 0.25) is 0 Å². The van der Waals surface area contributed by atoms with E-state index in [0.29, 0.717) is 24.2 Å². The van der Waals surface area contributed by atoms with Crippen LogP contribution >= 0.6 is 0 Å². The van der Waals surface area contributed by atoms with Crippen molar-refractivity contribution in [3.05, 3.63) is 41.6 Å². The number of aromatic amines is 1. The van der Waals surface area contributed by atoms with Gasteiger partial charge in [-0.3, -0.25) is 4.79 Å². The quantitative estimate of drug-likeness (QED) is 0.552. The van der Waals surface area contributed by atoms with E-state index in [-0.39, 0.29) is 6.54 Å². The maximum atomic E-state index is 13.0. The van der Waals surface area contributed by atoms with E-state index in [0.717, 1.165) is 16.5 Å². The second-order valence-electron chi connectivity index (χ2n) is 9.25. The van der Waals surface area contributed by atoms with Crippen molar-refractivity contribution in [2.45, 2.75) is 52.7 Å². The van der Waals surface area contributed by atoms with Crippen molar-refractivity contribution in [2.75, 3.05) is 20.2 Å². The van der Waals surface area contributed by atoms with Crippen LogP contribution in [-0.2, 0) is 30.2 Å². The van der Waals surface area contributed by atoms with Gasteiger partial charge >= 0.3 is 18.0 Å². The zero-order valence-corrected chi connectivity index (χ0v) is 20.1. The lowest BCUT2D eigenvalue weighted by atomic mass is 9.96.